The van der Waals surface area contributed by atoms with Crippen LogP contribution in [0.25, 0.3) is 0 Å². The lowest BCUT2D eigenvalue weighted by Gasteiger charge is -2.28. The summed E-state index contributed by atoms with van der Waals surface area (Å²) in [5.41, 5.74) is 0.763. The summed E-state index contributed by atoms with van der Waals surface area (Å²) >= 11 is 6.04. The van der Waals surface area contributed by atoms with Gasteiger partial charge in [-0.2, -0.15) is 13.2 Å². The number of alkyl halides is 3. The van der Waals surface area contributed by atoms with Crippen molar-refractivity contribution in [2.75, 3.05) is 29.9 Å². The zero-order chi connectivity index (χ0) is 22.3. The maximum absolute atomic E-state index is 14.7. The quantitative estimate of drug-likeness (QED) is 0.685. The average Bonchev–Trinajstić information content (AvgIpc) is 3.29. The summed E-state index contributed by atoms with van der Waals surface area (Å²) in [6.07, 6.45) is -1.51. The second-order valence-electron chi connectivity index (χ2n) is 7.66. The van der Waals surface area contributed by atoms with Crippen LogP contribution >= 0.6 is 11.6 Å². The Labute approximate surface area is 180 Å². The number of aromatic nitrogens is 3. The van der Waals surface area contributed by atoms with Crippen LogP contribution in [0, 0.1) is 11.7 Å². The van der Waals surface area contributed by atoms with Crippen LogP contribution in [-0.2, 0) is 4.79 Å². The summed E-state index contributed by atoms with van der Waals surface area (Å²) in [6, 6.07) is 0.761. The molecule has 31 heavy (non-hydrogen) atoms. The Morgan fingerprint density at radius 1 is 1.35 bits per heavy atom. The topological polar surface area (TPSA) is 83.0 Å². The maximum Gasteiger partial charge on any atom is 0.405 e. The van der Waals surface area contributed by atoms with Crippen LogP contribution < -0.4 is 15.5 Å². The van der Waals surface area contributed by atoms with Gasteiger partial charge in [0.25, 0.3) is 0 Å². The Morgan fingerprint density at radius 2 is 2.13 bits per heavy atom. The number of fused-ring (bicyclic) bond motifs is 1. The van der Waals surface area contributed by atoms with Crippen molar-refractivity contribution in [3.8, 4) is 0 Å². The molecule has 7 nitrogen and oxygen atoms in total. The van der Waals surface area contributed by atoms with E-state index >= 15 is 0 Å². The Kier molecular flexibility index (Phi) is 5.63. The molecule has 2 aromatic rings. The molecule has 4 rings (SSSR count). The van der Waals surface area contributed by atoms with Gasteiger partial charge in [-0.3, -0.25) is 4.79 Å². The molecule has 4 heterocycles. The van der Waals surface area contributed by atoms with Gasteiger partial charge in [-0.1, -0.05) is 18.5 Å². The van der Waals surface area contributed by atoms with Gasteiger partial charge in [-0.15, -0.1) is 0 Å². The third-order valence-corrected chi connectivity index (χ3v) is 5.70. The van der Waals surface area contributed by atoms with Crippen molar-refractivity contribution in [3.63, 3.8) is 0 Å². The van der Waals surface area contributed by atoms with Crippen LogP contribution in [0.15, 0.2) is 18.5 Å². The minimum absolute atomic E-state index is 0.107. The summed E-state index contributed by atoms with van der Waals surface area (Å²) in [7, 11) is 0. The smallest absolute Gasteiger partial charge is 0.369 e. The number of nitrogens with one attached hydrogen (secondary N) is 2. The minimum Gasteiger partial charge on any atom is -0.369 e. The predicted octanol–water partition coefficient (Wildman–Crippen LogP) is 3.11. The largest absolute Gasteiger partial charge is 0.405 e. The highest BCUT2D eigenvalue weighted by Crippen LogP contribution is 2.36. The SMILES string of the molecule is C[C@H]1CCN(c2nc(C3CNc4ncc(Cl)cc43)ncc2F)[C@@H]1C(=O)NCC(F)(F)F. The van der Waals surface area contributed by atoms with Gasteiger partial charge in [0.2, 0.25) is 5.91 Å². The highest BCUT2D eigenvalue weighted by Gasteiger charge is 2.40. The van der Waals surface area contributed by atoms with Crippen LogP contribution in [0.5, 0.6) is 0 Å². The highest BCUT2D eigenvalue weighted by atomic mass is 35.5. The van der Waals surface area contributed by atoms with E-state index in [0.29, 0.717) is 29.6 Å². The minimum atomic E-state index is -4.53. The predicted molar refractivity (Wildman–Crippen MR) is 106 cm³/mol. The molecule has 1 unspecified atom stereocenters. The lowest BCUT2D eigenvalue weighted by molar-refractivity contribution is -0.139. The first-order valence-corrected chi connectivity index (χ1v) is 10.0. The Hall–Kier alpha value is -2.69. The maximum atomic E-state index is 14.7. The Balaban J connectivity index is 1.63. The third kappa shape index (κ3) is 4.36. The molecule has 166 valence electrons. The lowest BCUT2D eigenvalue weighted by Crippen LogP contribution is -2.48. The zero-order valence-electron chi connectivity index (χ0n) is 16.4. The molecule has 0 aromatic carbocycles. The summed E-state index contributed by atoms with van der Waals surface area (Å²) in [6.45, 7) is 1.01. The van der Waals surface area contributed by atoms with Crippen LogP contribution in [0.2, 0.25) is 5.02 Å². The van der Waals surface area contributed by atoms with Gasteiger partial charge in [-0.05, 0) is 18.4 Å². The van der Waals surface area contributed by atoms with Crippen molar-refractivity contribution in [3.05, 3.63) is 40.7 Å². The van der Waals surface area contributed by atoms with Crippen molar-refractivity contribution in [2.24, 2.45) is 5.92 Å². The van der Waals surface area contributed by atoms with Crippen LogP contribution in [-0.4, -0.2) is 52.7 Å². The summed E-state index contributed by atoms with van der Waals surface area (Å²) in [5, 5.41) is 5.45. The Bertz CT molecular complexity index is 1000. The molecule has 2 aliphatic rings. The molecule has 2 aliphatic heterocycles. The number of nitrogens with zero attached hydrogens (tertiary/aromatic N) is 4. The second kappa shape index (κ2) is 8.10. The van der Waals surface area contributed by atoms with E-state index in [2.05, 4.69) is 20.3 Å². The molecule has 12 heteroatoms. The van der Waals surface area contributed by atoms with Crippen molar-refractivity contribution in [2.45, 2.75) is 31.5 Å². The number of amides is 1. The van der Waals surface area contributed by atoms with E-state index in [1.54, 1.807) is 13.0 Å². The van der Waals surface area contributed by atoms with E-state index in [1.165, 1.54) is 11.1 Å². The third-order valence-electron chi connectivity index (χ3n) is 5.49. The highest BCUT2D eigenvalue weighted by molar-refractivity contribution is 6.30. The van der Waals surface area contributed by atoms with E-state index in [4.69, 9.17) is 11.6 Å². The monoisotopic (exact) mass is 458 g/mol. The first-order chi connectivity index (χ1) is 14.6. The molecule has 3 atom stereocenters. The van der Waals surface area contributed by atoms with Gasteiger partial charge in [0, 0.05) is 24.8 Å². The zero-order valence-corrected chi connectivity index (χ0v) is 17.1. The Morgan fingerprint density at radius 3 is 2.87 bits per heavy atom. The van der Waals surface area contributed by atoms with E-state index < -0.39 is 30.5 Å². The first-order valence-electron chi connectivity index (χ1n) is 9.67. The number of halogens is 5. The number of hydrogen-bond acceptors (Lipinski definition) is 6. The molecule has 1 fully saturated rings. The average molecular weight is 459 g/mol. The molecule has 0 radical (unpaired) electrons. The van der Waals surface area contributed by atoms with Gasteiger partial charge < -0.3 is 15.5 Å². The number of hydrogen-bond donors (Lipinski definition) is 2. The van der Waals surface area contributed by atoms with E-state index in [1.807, 2.05) is 5.32 Å². The van der Waals surface area contributed by atoms with Crippen LogP contribution in [0.3, 0.4) is 0 Å². The fourth-order valence-electron chi connectivity index (χ4n) is 4.02. The van der Waals surface area contributed by atoms with Crippen LogP contribution in [0.1, 0.15) is 30.7 Å². The lowest BCUT2D eigenvalue weighted by atomic mass is 10.0. The molecule has 0 saturated carbocycles. The molecule has 0 aliphatic carbocycles. The normalized spacial score (nSPS) is 22.9. The summed E-state index contributed by atoms with van der Waals surface area (Å²) in [5.74, 6) is -1.35. The molecular formula is C19H19ClF4N6O. The van der Waals surface area contributed by atoms with Gasteiger partial charge in [0.15, 0.2) is 11.6 Å². The van der Waals surface area contributed by atoms with E-state index in [-0.39, 0.29) is 24.2 Å². The molecule has 2 N–H and O–H groups in total. The van der Waals surface area contributed by atoms with Gasteiger partial charge >= 0.3 is 6.18 Å². The van der Waals surface area contributed by atoms with Crippen molar-refractivity contribution >= 4 is 29.1 Å². The second-order valence-corrected chi connectivity index (χ2v) is 8.10. The fraction of sp³-hybridized carbons (Fsp3) is 0.474. The molecule has 0 bridgehead atoms. The van der Waals surface area contributed by atoms with Gasteiger partial charge in [-0.25, -0.2) is 19.3 Å². The standard InChI is InChI=1S/C19H19ClF4N6O/c1-9-2-3-30(14(9)18(31)28-8-19(22,23)24)17-13(21)7-27-16(29-17)12-6-26-15-11(12)4-10(20)5-25-15/h4-5,7,9,12,14H,2-3,6,8H2,1H3,(H,25,26)(H,28,31)/t9-,12?,14-/m0/s1. The number of pyridine rings is 1. The van der Waals surface area contributed by atoms with Crippen LogP contribution in [0.4, 0.5) is 29.2 Å². The molecule has 2 aromatic heterocycles. The molecule has 1 amide bonds. The summed E-state index contributed by atoms with van der Waals surface area (Å²) < 4.78 is 52.3. The number of carbonyl (C=O) groups is 1. The molecular weight excluding hydrogens is 440 g/mol. The number of anilines is 2. The van der Waals surface area contributed by atoms with E-state index in [0.717, 1.165) is 11.8 Å². The first kappa shape index (κ1) is 21.5. The van der Waals surface area contributed by atoms with Crippen molar-refractivity contribution < 1.29 is 22.4 Å². The van der Waals surface area contributed by atoms with Crippen molar-refractivity contribution in [1.29, 1.82) is 0 Å². The molecule has 1 saturated heterocycles. The van der Waals surface area contributed by atoms with E-state index in [9.17, 15) is 22.4 Å². The molecule has 0 spiro atoms. The van der Waals surface area contributed by atoms with Crippen molar-refractivity contribution in [1.82, 2.24) is 20.3 Å². The number of rotatable bonds is 4. The fourth-order valence-corrected chi connectivity index (χ4v) is 4.19. The number of carbonyl (C=O) groups excluding carboxylic acids is 1. The summed E-state index contributed by atoms with van der Waals surface area (Å²) in [4.78, 5) is 26.6. The van der Waals surface area contributed by atoms with Gasteiger partial charge in [0.05, 0.1) is 17.1 Å². The van der Waals surface area contributed by atoms with Gasteiger partial charge in [0.1, 0.15) is 24.2 Å².